The number of pyridine rings is 1. The molecule has 106 valence electrons. The van der Waals surface area contributed by atoms with Crippen molar-refractivity contribution in [3.63, 3.8) is 0 Å². The zero-order valence-electron chi connectivity index (χ0n) is 11.3. The van der Waals surface area contributed by atoms with Crippen molar-refractivity contribution >= 4 is 39.1 Å². The molecule has 20 heavy (non-hydrogen) atoms. The molecule has 0 saturated carbocycles. The molecule has 4 N–H and O–H groups in total. The van der Waals surface area contributed by atoms with Crippen LogP contribution in [0, 0.1) is 0 Å². The number of carbonyl (C=O) groups excluding carboxylic acids is 2. The van der Waals surface area contributed by atoms with E-state index < -0.39 is 0 Å². The van der Waals surface area contributed by atoms with E-state index in [9.17, 15) is 9.59 Å². The first-order chi connectivity index (χ1) is 9.49. The zero-order valence-corrected chi connectivity index (χ0v) is 12.1. The molecule has 2 rings (SSSR count). The summed E-state index contributed by atoms with van der Waals surface area (Å²) < 4.78 is 0. The van der Waals surface area contributed by atoms with Crippen LogP contribution in [0.25, 0.3) is 10.2 Å². The third-order valence-electron chi connectivity index (χ3n) is 2.57. The number of fused-ring (bicyclic) bond motifs is 1. The quantitative estimate of drug-likeness (QED) is 0.787. The van der Waals surface area contributed by atoms with E-state index in [1.54, 1.807) is 12.3 Å². The van der Waals surface area contributed by atoms with E-state index in [4.69, 9.17) is 5.73 Å². The molecule has 2 aromatic rings. The van der Waals surface area contributed by atoms with Crippen molar-refractivity contribution in [1.82, 2.24) is 15.6 Å². The summed E-state index contributed by atoms with van der Waals surface area (Å²) in [6, 6.07) is 3.62. The number of nitrogens with two attached hydrogens (primary N) is 1. The lowest BCUT2D eigenvalue weighted by Crippen LogP contribution is -2.39. The lowest BCUT2D eigenvalue weighted by molar-refractivity contribution is -0.120. The largest absolute Gasteiger partial charge is 0.397 e. The van der Waals surface area contributed by atoms with Crippen LogP contribution in [-0.2, 0) is 4.79 Å². The Balaban J connectivity index is 2.08. The molecule has 0 aromatic carbocycles. The molecule has 0 saturated heterocycles. The van der Waals surface area contributed by atoms with Crippen LogP contribution in [0.3, 0.4) is 0 Å². The standard InChI is InChI=1S/C13H16N4O2S/c1-7(2)17-9(18)6-16-12(19)11-10(14)8-4-3-5-15-13(8)20-11/h3-5,7H,6,14H2,1-2H3,(H,16,19)(H,17,18). The summed E-state index contributed by atoms with van der Waals surface area (Å²) in [6.07, 6.45) is 1.65. The number of nitrogens with zero attached hydrogens (tertiary/aromatic N) is 1. The number of rotatable bonds is 4. The fourth-order valence-electron chi connectivity index (χ4n) is 1.73. The van der Waals surface area contributed by atoms with Crippen LogP contribution in [0.5, 0.6) is 0 Å². The number of hydrogen-bond donors (Lipinski definition) is 3. The normalized spacial score (nSPS) is 10.8. The van der Waals surface area contributed by atoms with Crippen molar-refractivity contribution < 1.29 is 9.59 Å². The Hall–Kier alpha value is -2.15. The van der Waals surface area contributed by atoms with E-state index >= 15 is 0 Å². The predicted octanol–water partition coefficient (Wildman–Crippen LogP) is 1.13. The maximum Gasteiger partial charge on any atom is 0.264 e. The molecule has 0 radical (unpaired) electrons. The van der Waals surface area contributed by atoms with Gasteiger partial charge in [-0.2, -0.15) is 0 Å². The van der Waals surface area contributed by atoms with Gasteiger partial charge in [0.15, 0.2) is 0 Å². The smallest absolute Gasteiger partial charge is 0.264 e. The highest BCUT2D eigenvalue weighted by Crippen LogP contribution is 2.31. The summed E-state index contributed by atoms with van der Waals surface area (Å²) in [4.78, 5) is 28.8. The lowest BCUT2D eigenvalue weighted by atomic mass is 10.2. The fraction of sp³-hybridized carbons (Fsp3) is 0.308. The Morgan fingerprint density at radius 3 is 2.85 bits per heavy atom. The summed E-state index contributed by atoms with van der Waals surface area (Å²) >= 11 is 1.22. The van der Waals surface area contributed by atoms with Gasteiger partial charge in [0.05, 0.1) is 12.2 Å². The van der Waals surface area contributed by atoms with E-state index in [1.165, 1.54) is 11.3 Å². The van der Waals surface area contributed by atoms with Crippen molar-refractivity contribution in [1.29, 1.82) is 0 Å². The van der Waals surface area contributed by atoms with Crippen molar-refractivity contribution in [3.05, 3.63) is 23.2 Å². The molecular formula is C13H16N4O2S. The maximum absolute atomic E-state index is 12.0. The van der Waals surface area contributed by atoms with Gasteiger partial charge in [-0.3, -0.25) is 9.59 Å². The second-order valence-corrected chi connectivity index (χ2v) is 5.60. The fourth-order valence-corrected chi connectivity index (χ4v) is 2.71. The molecule has 0 unspecified atom stereocenters. The maximum atomic E-state index is 12.0. The van der Waals surface area contributed by atoms with Gasteiger partial charge in [-0.1, -0.05) is 0 Å². The Kier molecular flexibility index (Phi) is 4.19. The van der Waals surface area contributed by atoms with Gasteiger partial charge in [0.25, 0.3) is 5.91 Å². The van der Waals surface area contributed by atoms with Crippen LogP contribution < -0.4 is 16.4 Å². The summed E-state index contributed by atoms with van der Waals surface area (Å²) in [5.41, 5.74) is 6.34. The molecule has 0 aliphatic rings. The van der Waals surface area contributed by atoms with E-state index in [2.05, 4.69) is 15.6 Å². The molecule has 0 aliphatic heterocycles. The van der Waals surface area contributed by atoms with Crippen LogP contribution >= 0.6 is 11.3 Å². The SMILES string of the molecule is CC(C)NC(=O)CNC(=O)c1sc2ncccc2c1N. The number of nitrogens with one attached hydrogen (secondary N) is 2. The average molecular weight is 292 g/mol. The van der Waals surface area contributed by atoms with Crippen LogP contribution in [0.4, 0.5) is 5.69 Å². The lowest BCUT2D eigenvalue weighted by Gasteiger charge is -2.08. The first-order valence-corrected chi connectivity index (χ1v) is 7.01. The van der Waals surface area contributed by atoms with E-state index in [0.29, 0.717) is 15.4 Å². The molecule has 0 fully saturated rings. The first-order valence-electron chi connectivity index (χ1n) is 6.19. The van der Waals surface area contributed by atoms with Gasteiger partial charge in [0.1, 0.15) is 9.71 Å². The monoisotopic (exact) mass is 292 g/mol. The van der Waals surface area contributed by atoms with Crippen molar-refractivity contribution in [2.24, 2.45) is 0 Å². The molecule has 0 spiro atoms. The molecule has 2 amide bonds. The molecule has 7 heteroatoms. The molecular weight excluding hydrogens is 276 g/mol. The number of aromatic nitrogens is 1. The van der Waals surface area contributed by atoms with E-state index in [0.717, 1.165) is 5.39 Å². The summed E-state index contributed by atoms with van der Waals surface area (Å²) in [6.45, 7) is 3.64. The third kappa shape index (κ3) is 3.05. The highest BCUT2D eigenvalue weighted by atomic mass is 32.1. The van der Waals surface area contributed by atoms with Gasteiger partial charge in [-0.05, 0) is 26.0 Å². The van der Waals surface area contributed by atoms with Gasteiger partial charge in [0, 0.05) is 17.6 Å². The Labute approximate surface area is 120 Å². The molecule has 6 nitrogen and oxygen atoms in total. The van der Waals surface area contributed by atoms with Crippen LogP contribution in [0.1, 0.15) is 23.5 Å². The number of thiophene rings is 1. The van der Waals surface area contributed by atoms with Crippen LogP contribution in [0.15, 0.2) is 18.3 Å². The van der Waals surface area contributed by atoms with Crippen LogP contribution in [0.2, 0.25) is 0 Å². The molecule has 0 aliphatic carbocycles. The van der Waals surface area contributed by atoms with Gasteiger partial charge in [0.2, 0.25) is 5.91 Å². The van der Waals surface area contributed by atoms with Gasteiger partial charge in [-0.25, -0.2) is 4.98 Å². The number of amides is 2. The topological polar surface area (TPSA) is 97.1 Å². The third-order valence-corrected chi connectivity index (χ3v) is 3.70. The second-order valence-electron chi connectivity index (χ2n) is 4.61. The highest BCUT2D eigenvalue weighted by Gasteiger charge is 2.17. The minimum Gasteiger partial charge on any atom is -0.397 e. The minimum atomic E-state index is -0.357. The van der Waals surface area contributed by atoms with Crippen LogP contribution in [-0.4, -0.2) is 29.4 Å². The van der Waals surface area contributed by atoms with E-state index in [1.807, 2.05) is 19.9 Å². The number of anilines is 1. The zero-order chi connectivity index (χ0) is 14.7. The Morgan fingerprint density at radius 2 is 2.20 bits per heavy atom. The molecule has 2 heterocycles. The average Bonchev–Trinajstić information content (AvgIpc) is 2.73. The Bertz CT molecular complexity index is 651. The summed E-state index contributed by atoms with van der Waals surface area (Å²) in [5.74, 6) is -0.587. The van der Waals surface area contributed by atoms with Gasteiger partial charge < -0.3 is 16.4 Å². The summed E-state index contributed by atoms with van der Waals surface area (Å²) in [5, 5.41) is 6.01. The van der Waals surface area contributed by atoms with Crippen molar-refractivity contribution in [2.45, 2.75) is 19.9 Å². The highest BCUT2D eigenvalue weighted by molar-refractivity contribution is 7.21. The summed E-state index contributed by atoms with van der Waals surface area (Å²) in [7, 11) is 0. The first kappa shape index (κ1) is 14.3. The number of hydrogen-bond acceptors (Lipinski definition) is 5. The van der Waals surface area contributed by atoms with E-state index in [-0.39, 0.29) is 24.4 Å². The number of nitrogen functional groups attached to an aromatic ring is 1. The predicted molar refractivity (Wildman–Crippen MR) is 79.6 cm³/mol. The van der Waals surface area contributed by atoms with Crippen molar-refractivity contribution in [2.75, 3.05) is 12.3 Å². The Morgan fingerprint density at radius 1 is 1.45 bits per heavy atom. The van der Waals surface area contributed by atoms with Gasteiger partial charge >= 0.3 is 0 Å². The minimum absolute atomic E-state index is 0.0398. The molecule has 2 aromatic heterocycles. The molecule has 0 atom stereocenters. The van der Waals surface area contributed by atoms with Crippen molar-refractivity contribution in [3.8, 4) is 0 Å². The second kappa shape index (κ2) is 5.87. The molecule has 0 bridgehead atoms. The number of carbonyl (C=O) groups is 2. The van der Waals surface area contributed by atoms with Gasteiger partial charge in [-0.15, -0.1) is 11.3 Å².